The van der Waals surface area contributed by atoms with Crippen LogP contribution in [-0.4, -0.2) is 15.9 Å². The Labute approximate surface area is 101 Å². The van der Waals surface area contributed by atoms with Gasteiger partial charge in [0.15, 0.2) is 11.6 Å². The Kier molecular flexibility index (Phi) is 3.24. The number of H-pyrrole nitrogens is 1. The average molecular weight is 249 g/mol. The van der Waals surface area contributed by atoms with Gasteiger partial charge in [-0.15, -0.1) is 0 Å². The summed E-state index contributed by atoms with van der Waals surface area (Å²) in [7, 11) is 0. The minimum absolute atomic E-state index is 0.0727. The largest absolute Gasteiger partial charge is 0.340 e. The molecule has 0 atom stereocenters. The zero-order chi connectivity index (χ0) is 13.1. The smallest absolute Gasteiger partial charge is 0.296 e. The minimum Gasteiger partial charge on any atom is -0.340 e. The lowest BCUT2D eigenvalue weighted by atomic mass is 10.3. The van der Waals surface area contributed by atoms with Gasteiger partial charge < -0.3 is 10.3 Å². The molecule has 2 rings (SSSR count). The second-order valence-corrected chi connectivity index (χ2v) is 3.50. The number of nitrogens with zero attached hydrogens (tertiary/aromatic N) is 1. The van der Waals surface area contributed by atoms with E-state index in [0.717, 1.165) is 6.07 Å². The van der Waals surface area contributed by atoms with Gasteiger partial charge in [-0.2, -0.15) is 0 Å². The first-order chi connectivity index (χ1) is 8.61. The Morgan fingerprint density at radius 2 is 2.28 bits per heavy atom. The van der Waals surface area contributed by atoms with Gasteiger partial charge in [-0.05, 0) is 25.0 Å². The molecular formula is C12H9F2N3O. The quantitative estimate of drug-likeness (QED) is 0.792. The van der Waals surface area contributed by atoms with Gasteiger partial charge >= 0.3 is 0 Å². The van der Waals surface area contributed by atoms with Crippen molar-refractivity contribution >= 4 is 16.9 Å². The number of aromatic amines is 1. The fourth-order valence-electron chi connectivity index (χ4n) is 1.47. The molecule has 1 amide bonds. The molecule has 0 saturated heterocycles. The van der Waals surface area contributed by atoms with E-state index in [1.807, 2.05) is 0 Å². The summed E-state index contributed by atoms with van der Waals surface area (Å²) in [5.41, 5.74) is 0.292. The molecule has 0 saturated carbocycles. The molecule has 1 aromatic heterocycles. The van der Waals surface area contributed by atoms with Crippen LogP contribution in [0.25, 0.3) is 11.0 Å². The SMILES string of the molecule is CC#CC(=O)NCc1nc2c(F)c(F)ccc2[nH]1. The number of rotatable bonds is 2. The summed E-state index contributed by atoms with van der Waals surface area (Å²) in [6.07, 6.45) is 0. The van der Waals surface area contributed by atoms with E-state index in [2.05, 4.69) is 27.1 Å². The summed E-state index contributed by atoms with van der Waals surface area (Å²) in [5, 5.41) is 2.47. The molecule has 0 aliphatic carbocycles. The number of aromatic nitrogens is 2. The second-order valence-electron chi connectivity index (χ2n) is 3.50. The Morgan fingerprint density at radius 3 is 3.00 bits per heavy atom. The molecule has 4 nitrogen and oxygen atoms in total. The monoisotopic (exact) mass is 249 g/mol. The summed E-state index contributed by atoms with van der Waals surface area (Å²) in [5.74, 6) is 2.66. The van der Waals surface area contributed by atoms with Crippen LogP contribution in [0, 0.1) is 23.5 Å². The van der Waals surface area contributed by atoms with Crippen LogP contribution < -0.4 is 5.32 Å². The van der Waals surface area contributed by atoms with Crippen LogP contribution >= 0.6 is 0 Å². The van der Waals surface area contributed by atoms with Crippen molar-refractivity contribution in [1.82, 2.24) is 15.3 Å². The molecule has 0 aliphatic rings. The van der Waals surface area contributed by atoms with E-state index in [1.165, 1.54) is 6.07 Å². The fraction of sp³-hybridized carbons (Fsp3) is 0.167. The number of imidazole rings is 1. The summed E-state index contributed by atoms with van der Waals surface area (Å²) >= 11 is 0. The number of fused-ring (bicyclic) bond motifs is 1. The predicted octanol–water partition coefficient (Wildman–Crippen LogP) is 1.48. The lowest BCUT2D eigenvalue weighted by Crippen LogP contribution is -2.21. The van der Waals surface area contributed by atoms with Gasteiger partial charge in [-0.25, -0.2) is 13.8 Å². The summed E-state index contributed by atoms with van der Waals surface area (Å²) < 4.78 is 26.3. The molecule has 1 heterocycles. The molecule has 0 spiro atoms. The summed E-state index contributed by atoms with van der Waals surface area (Å²) in [6, 6.07) is 2.40. The highest BCUT2D eigenvalue weighted by atomic mass is 19.2. The summed E-state index contributed by atoms with van der Waals surface area (Å²) in [6.45, 7) is 1.61. The number of halogens is 2. The van der Waals surface area contributed by atoms with Crippen molar-refractivity contribution in [1.29, 1.82) is 0 Å². The van der Waals surface area contributed by atoms with Gasteiger partial charge in [0.1, 0.15) is 11.3 Å². The van der Waals surface area contributed by atoms with Crippen molar-refractivity contribution in [3.05, 3.63) is 29.6 Å². The van der Waals surface area contributed by atoms with Crippen LogP contribution in [0.1, 0.15) is 12.7 Å². The Bertz CT molecular complexity index is 667. The number of benzene rings is 1. The number of carbonyl (C=O) groups excluding carboxylic acids is 1. The maximum Gasteiger partial charge on any atom is 0.296 e. The molecule has 0 fully saturated rings. The maximum atomic E-state index is 13.4. The maximum absolute atomic E-state index is 13.4. The lowest BCUT2D eigenvalue weighted by molar-refractivity contribution is -0.115. The fourth-order valence-corrected chi connectivity index (χ4v) is 1.47. The number of carbonyl (C=O) groups is 1. The van der Waals surface area contributed by atoms with Crippen molar-refractivity contribution in [2.75, 3.05) is 0 Å². The number of hydrogen-bond acceptors (Lipinski definition) is 2. The molecule has 6 heteroatoms. The van der Waals surface area contributed by atoms with Crippen molar-refractivity contribution in [2.45, 2.75) is 13.5 Å². The normalized spacial score (nSPS) is 9.94. The van der Waals surface area contributed by atoms with E-state index in [1.54, 1.807) is 6.92 Å². The molecule has 18 heavy (non-hydrogen) atoms. The third-order valence-corrected chi connectivity index (χ3v) is 2.25. The highest BCUT2D eigenvalue weighted by Gasteiger charge is 2.11. The first kappa shape index (κ1) is 12.0. The summed E-state index contributed by atoms with van der Waals surface area (Å²) in [4.78, 5) is 17.7. The first-order valence-electron chi connectivity index (χ1n) is 5.15. The Balaban J connectivity index is 2.22. The van der Waals surface area contributed by atoms with Gasteiger partial charge in [0.05, 0.1) is 12.1 Å². The Hall–Kier alpha value is -2.42. The van der Waals surface area contributed by atoms with E-state index in [0.29, 0.717) is 11.3 Å². The van der Waals surface area contributed by atoms with Gasteiger partial charge in [-0.3, -0.25) is 4.79 Å². The van der Waals surface area contributed by atoms with Crippen molar-refractivity contribution in [3.8, 4) is 11.8 Å². The molecule has 92 valence electrons. The molecule has 0 radical (unpaired) electrons. The first-order valence-corrected chi connectivity index (χ1v) is 5.15. The van der Waals surface area contributed by atoms with Crippen molar-refractivity contribution in [2.24, 2.45) is 0 Å². The molecule has 0 aliphatic heterocycles. The van der Waals surface area contributed by atoms with E-state index >= 15 is 0 Å². The minimum atomic E-state index is -1.00. The zero-order valence-electron chi connectivity index (χ0n) is 9.47. The van der Waals surface area contributed by atoms with Crippen LogP contribution in [0.4, 0.5) is 8.78 Å². The van der Waals surface area contributed by atoms with Crippen molar-refractivity contribution < 1.29 is 13.6 Å². The van der Waals surface area contributed by atoms with E-state index in [4.69, 9.17) is 0 Å². The van der Waals surface area contributed by atoms with Crippen LogP contribution in [0.15, 0.2) is 12.1 Å². The molecule has 2 N–H and O–H groups in total. The number of hydrogen-bond donors (Lipinski definition) is 2. The van der Waals surface area contributed by atoms with E-state index in [-0.39, 0.29) is 12.1 Å². The standard InChI is InChI=1S/C12H9F2N3O/c1-2-3-10(18)15-6-9-16-8-5-4-7(13)11(14)12(8)17-9/h4-5H,6H2,1H3,(H,15,18)(H,16,17). The van der Waals surface area contributed by atoms with Gasteiger partial charge in [0.2, 0.25) is 0 Å². The number of nitrogens with one attached hydrogen (secondary N) is 2. The van der Waals surface area contributed by atoms with Crippen molar-refractivity contribution in [3.63, 3.8) is 0 Å². The third-order valence-electron chi connectivity index (χ3n) is 2.25. The van der Waals surface area contributed by atoms with Crippen LogP contribution in [-0.2, 0) is 11.3 Å². The van der Waals surface area contributed by atoms with Gasteiger partial charge in [0.25, 0.3) is 5.91 Å². The van der Waals surface area contributed by atoms with Crippen LogP contribution in [0.2, 0.25) is 0 Å². The third kappa shape index (κ3) is 2.30. The van der Waals surface area contributed by atoms with Gasteiger partial charge in [0, 0.05) is 0 Å². The average Bonchev–Trinajstić information content (AvgIpc) is 2.76. The predicted molar refractivity (Wildman–Crippen MR) is 61.3 cm³/mol. The van der Waals surface area contributed by atoms with Crippen LogP contribution in [0.3, 0.4) is 0 Å². The van der Waals surface area contributed by atoms with Crippen LogP contribution in [0.5, 0.6) is 0 Å². The topological polar surface area (TPSA) is 57.8 Å². The Morgan fingerprint density at radius 1 is 1.50 bits per heavy atom. The highest BCUT2D eigenvalue weighted by Crippen LogP contribution is 2.17. The molecule has 1 aromatic carbocycles. The van der Waals surface area contributed by atoms with E-state index < -0.39 is 17.5 Å². The second kappa shape index (κ2) is 4.84. The highest BCUT2D eigenvalue weighted by molar-refractivity contribution is 5.93. The van der Waals surface area contributed by atoms with Gasteiger partial charge in [-0.1, -0.05) is 5.92 Å². The molecular weight excluding hydrogens is 240 g/mol. The molecule has 0 bridgehead atoms. The lowest BCUT2D eigenvalue weighted by Gasteiger charge is -1.95. The zero-order valence-corrected chi connectivity index (χ0v) is 9.47. The molecule has 2 aromatic rings. The number of amides is 1. The molecule has 0 unspecified atom stereocenters. The van der Waals surface area contributed by atoms with E-state index in [9.17, 15) is 13.6 Å².